The minimum absolute atomic E-state index is 0.0205. The van der Waals surface area contributed by atoms with Crippen LogP contribution in [0.25, 0.3) is 0 Å². The fourth-order valence-corrected chi connectivity index (χ4v) is 2.52. The van der Waals surface area contributed by atoms with Crippen LogP contribution in [0.5, 0.6) is 5.75 Å². The normalized spacial score (nSPS) is 10.2. The molecule has 0 aromatic heterocycles. The van der Waals surface area contributed by atoms with E-state index in [1.54, 1.807) is 48.2 Å². The van der Waals surface area contributed by atoms with Gasteiger partial charge in [-0.25, -0.2) is 0 Å². The Morgan fingerprint density at radius 2 is 1.54 bits per heavy atom. The molecule has 0 unspecified atom stereocenters. The second kappa shape index (κ2) is 9.77. The van der Waals surface area contributed by atoms with Gasteiger partial charge in [0.05, 0.1) is 13.0 Å². The zero-order chi connectivity index (χ0) is 18.9. The first-order valence-corrected chi connectivity index (χ1v) is 9.28. The number of hydrogen-bond donors (Lipinski definition) is 0. The molecule has 26 heavy (non-hydrogen) atoms. The zero-order valence-electron chi connectivity index (χ0n) is 14.7. The van der Waals surface area contributed by atoms with Crippen molar-refractivity contribution in [2.24, 2.45) is 0 Å². The van der Waals surface area contributed by atoms with Gasteiger partial charge < -0.3 is 9.47 Å². The van der Waals surface area contributed by atoms with Gasteiger partial charge in [0.15, 0.2) is 18.2 Å². The molecule has 0 aliphatic carbocycles. The molecule has 0 aliphatic heterocycles. The molecule has 0 saturated carbocycles. The van der Waals surface area contributed by atoms with Crippen LogP contribution < -0.4 is 4.74 Å². The molecule has 0 atom stereocenters. The summed E-state index contributed by atoms with van der Waals surface area (Å²) in [5, 5.41) is 0. The lowest BCUT2D eigenvalue weighted by molar-refractivity contribution is -0.143. The maximum Gasteiger partial charge on any atom is 0.309 e. The van der Waals surface area contributed by atoms with Gasteiger partial charge in [0, 0.05) is 16.0 Å². The minimum atomic E-state index is -0.501. The average molecular weight is 372 g/mol. The van der Waals surface area contributed by atoms with Crippen LogP contribution in [0, 0.1) is 0 Å². The molecule has 5 nitrogen and oxygen atoms in total. The van der Waals surface area contributed by atoms with Crippen molar-refractivity contribution in [2.75, 3.05) is 19.5 Å². The van der Waals surface area contributed by atoms with Crippen molar-refractivity contribution in [3.63, 3.8) is 0 Å². The van der Waals surface area contributed by atoms with Crippen LogP contribution in [0.1, 0.15) is 34.1 Å². The van der Waals surface area contributed by atoms with Crippen molar-refractivity contribution < 1.29 is 23.9 Å². The predicted octanol–water partition coefficient (Wildman–Crippen LogP) is 3.81. The van der Waals surface area contributed by atoms with Crippen LogP contribution in [0.3, 0.4) is 0 Å². The summed E-state index contributed by atoms with van der Waals surface area (Å²) in [6, 6.07) is 13.8. The molecule has 0 spiro atoms. The lowest BCUT2D eigenvalue weighted by Gasteiger charge is -2.07. The third kappa shape index (κ3) is 6.04. The Hall–Kier alpha value is -2.60. The Balaban J connectivity index is 1.71. The molecule has 0 aliphatic rings. The third-order valence-corrected chi connectivity index (χ3v) is 4.36. The van der Waals surface area contributed by atoms with Crippen molar-refractivity contribution >= 4 is 29.3 Å². The van der Waals surface area contributed by atoms with Gasteiger partial charge in [-0.05, 0) is 49.6 Å². The van der Waals surface area contributed by atoms with Gasteiger partial charge in [0.1, 0.15) is 5.75 Å². The first-order valence-electron chi connectivity index (χ1n) is 8.06. The number of carbonyl (C=O) groups excluding carboxylic acids is 3. The van der Waals surface area contributed by atoms with Gasteiger partial charge >= 0.3 is 5.97 Å². The number of rotatable bonds is 9. The Morgan fingerprint density at radius 1 is 0.923 bits per heavy atom. The number of Topliss-reactive ketones (excluding diaryl/α,β-unsaturated/α-hetero) is 2. The van der Waals surface area contributed by atoms with E-state index in [1.807, 2.05) is 18.4 Å². The van der Waals surface area contributed by atoms with Gasteiger partial charge in [0.25, 0.3) is 0 Å². The Morgan fingerprint density at radius 3 is 2.12 bits per heavy atom. The van der Waals surface area contributed by atoms with Crippen molar-refractivity contribution in [1.29, 1.82) is 0 Å². The summed E-state index contributed by atoms with van der Waals surface area (Å²) in [5.41, 5.74) is 1.11. The molecule has 0 amide bonds. The maximum absolute atomic E-state index is 12.0. The predicted molar refractivity (Wildman–Crippen MR) is 100 cm³/mol. The molecule has 2 rings (SSSR count). The lowest BCUT2D eigenvalue weighted by Crippen LogP contribution is -2.16. The highest BCUT2D eigenvalue weighted by molar-refractivity contribution is 7.98. The molecular weight excluding hydrogens is 352 g/mol. The molecule has 0 saturated heterocycles. The standard InChI is InChI=1S/C20H20O5S/c1-14(21)15-3-7-17(8-4-15)24-12-11-20(23)25-13-19(22)16-5-9-18(26-2)10-6-16/h3-10H,11-13H2,1-2H3. The largest absolute Gasteiger partial charge is 0.493 e. The van der Waals surface area contributed by atoms with Gasteiger partial charge in [0.2, 0.25) is 0 Å². The highest BCUT2D eigenvalue weighted by Gasteiger charge is 2.10. The summed E-state index contributed by atoms with van der Waals surface area (Å²) in [5.74, 6) is -0.202. The van der Waals surface area contributed by atoms with Crippen LogP contribution in [0.15, 0.2) is 53.4 Å². The molecule has 0 radical (unpaired) electrons. The van der Waals surface area contributed by atoms with Gasteiger partial charge in [-0.2, -0.15) is 0 Å². The van der Waals surface area contributed by atoms with Crippen LogP contribution in [0.4, 0.5) is 0 Å². The number of ketones is 2. The van der Waals surface area contributed by atoms with Crippen molar-refractivity contribution in [2.45, 2.75) is 18.2 Å². The lowest BCUT2D eigenvalue weighted by atomic mass is 10.1. The number of benzene rings is 2. The number of ether oxygens (including phenoxy) is 2. The highest BCUT2D eigenvalue weighted by atomic mass is 32.2. The van der Waals surface area contributed by atoms with E-state index in [0.717, 1.165) is 4.90 Å². The third-order valence-electron chi connectivity index (χ3n) is 3.61. The molecule has 0 N–H and O–H groups in total. The fraction of sp³-hybridized carbons (Fsp3) is 0.250. The van der Waals surface area contributed by atoms with E-state index in [2.05, 4.69) is 0 Å². The van der Waals surface area contributed by atoms with Gasteiger partial charge in [-0.1, -0.05) is 12.1 Å². The minimum Gasteiger partial charge on any atom is -0.493 e. The van der Waals surface area contributed by atoms with Crippen molar-refractivity contribution in [3.05, 3.63) is 59.7 Å². The first-order chi connectivity index (χ1) is 12.5. The molecule has 136 valence electrons. The molecule has 6 heteroatoms. The van der Waals surface area contributed by atoms with Crippen LogP contribution in [-0.2, 0) is 9.53 Å². The SMILES string of the molecule is CSc1ccc(C(=O)COC(=O)CCOc2ccc(C(C)=O)cc2)cc1. The number of hydrogen-bond acceptors (Lipinski definition) is 6. The van der Waals surface area contributed by atoms with Crippen molar-refractivity contribution in [1.82, 2.24) is 0 Å². The van der Waals surface area contributed by atoms with E-state index in [0.29, 0.717) is 16.9 Å². The number of esters is 1. The summed E-state index contributed by atoms with van der Waals surface area (Å²) in [6.07, 6.45) is 1.99. The maximum atomic E-state index is 12.0. The van der Waals surface area contributed by atoms with E-state index >= 15 is 0 Å². The number of carbonyl (C=O) groups is 3. The molecule has 0 bridgehead atoms. The van der Waals surface area contributed by atoms with E-state index in [9.17, 15) is 14.4 Å². The van der Waals surface area contributed by atoms with E-state index in [-0.39, 0.29) is 31.2 Å². The van der Waals surface area contributed by atoms with E-state index in [1.165, 1.54) is 6.92 Å². The zero-order valence-corrected chi connectivity index (χ0v) is 15.5. The molecule has 2 aromatic carbocycles. The summed E-state index contributed by atoms with van der Waals surface area (Å²) >= 11 is 1.59. The average Bonchev–Trinajstić information content (AvgIpc) is 2.66. The van der Waals surface area contributed by atoms with E-state index < -0.39 is 5.97 Å². The molecule has 0 fully saturated rings. The smallest absolute Gasteiger partial charge is 0.309 e. The molecular formula is C20H20O5S. The Kier molecular flexibility index (Phi) is 7.41. The molecule has 2 aromatic rings. The summed E-state index contributed by atoms with van der Waals surface area (Å²) in [4.78, 5) is 36.0. The van der Waals surface area contributed by atoms with Crippen molar-refractivity contribution in [3.8, 4) is 5.75 Å². The van der Waals surface area contributed by atoms with Crippen LogP contribution >= 0.6 is 11.8 Å². The monoisotopic (exact) mass is 372 g/mol. The van der Waals surface area contributed by atoms with Gasteiger partial charge in [-0.3, -0.25) is 14.4 Å². The summed E-state index contributed by atoms with van der Waals surface area (Å²) < 4.78 is 10.4. The topological polar surface area (TPSA) is 69.7 Å². The highest BCUT2D eigenvalue weighted by Crippen LogP contribution is 2.15. The van der Waals surface area contributed by atoms with Gasteiger partial charge in [-0.15, -0.1) is 11.8 Å². The number of thioether (sulfide) groups is 1. The van der Waals surface area contributed by atoms with E-state index in [4.69, 9.17) is 9.47 Å². The molecule has 0 heterocycles. The Labute approximate surface area is 156 Å². The second-order valence-corrected chi connectivity index (χ2v) is 6.37. The van der Waals surface area contributed by atoms with Crippen LogP contribution in [0.2, 0.25) is 0 Å². The Bertz CT molecular complexity index is 766. The fourth-order valence-electron chi connectivity index (χ4n) is 2.12. The summed E-state index contributed by atoms with van der Waals surface area (Å²) in [6.45, 7) is 1.34. The second-order valence-electron chi connectivity index (χ2n) is 5.49. The van der Waals surface area contributed by atoms with Crippen LogP contribution in [-0.4, -0.2) is 37.0 Å². The quantitative estimate of drug-likeness (QED) is 0.379. The summed E-state index contributed by atoms with van der Waals surface area (Å²) in [7, 11) is 0. The first kappa shape index (κ1) is 19.7.